The van der Waals surface area contributed by atoms with Gasteiger partial charge in [0, 0.05) is 15.8 Å². The molecule has 21 heavy (non-hydrogen) atoms. The first-order valence-corrected chi connectivity index (χ1v) is 8.93. The molecule has 0 spiro atoms. The minimum absolute atomic E-state index is 0.252. The van der Waals surface area contributed by atoms with Crippen LogP contribution in [-0.4, -0.2) is 28.8 Å². The van der Waals surface area contributed by atoms with Crippen LogP contribution in [0.15, 0.2) is 27.9 Å². The van der Waals surface area contributed by atoms with E-state index in [4.69, 9.17) is 4.74 Å². The van der Waals surface area contributed by atoms with Gasteiger partial charge in [0.05, 0.1) is 18.2 Å². The number of methoxy groups -OCH3 is 1. The van der Waals surface area contributed by atoms with Crippen LogP contribution in [0.1, 0.15) is 5.82 Å². The van der Waals surface area contributed by atoms with Crippen LogP contribution < -0.4 is 0 Å². The normalized spacial score (nSPS) is 11.0. The SMILES string of the molecule is COC(=O)CSc1nc(C)nc2scc(-c3cccs3)c12. The van der Waals surface area contributed by atoms with E-state index in [1.165, 1.54) is 23.7 Å². The fourth-order valence-corrected chi connectivity index (χ4v) is 4.71. The Hall–Kier alpha value is -1.44. The quantitative estimate of drug-likeness (QED) is 0.409. The number of nitrogens with zero attached hydrogens (tertiary/aromatic N) is 2. The summed E-state index contributed by atoms with van der Waals surface area (Å²) in [5.74, 6) is 0.716. The van der Waals surface area contributed by atoms with E-state index >= 15 is 0 Å². The van der Waals surface area contributed by atoms with Gasteiger partial charge in [-0.1, -0.05) is 17.8 Å². The number of ether oxygens (including phenoxy) is 1. The predicted octanol–water partition coefficient (Wildman–Crippen LogP) is 3.99. The van der Waals surface area contributed by atoms with E-state index in [0.717, 1.165) is 26.6 Å². The highest BCUT2D eigenvalue weighted by Crippen LogP contribution is 2.39. The van der Waals surface area contributed by atoms with Gasteiger partial charge in [-0.2, -0.15) is 0 Å². The van der Waals surface area contributed by atoms with Crippen LogP contribution in [0.2, 0.25) is 0 Å². The molecule has 4 nitrogen and oxygen atoms in total. The number of hydrogen-bond acceptors (Lipinski definition) is 7. The van der Waals surface area contributed by atoms with E-state index in [9.17, 15) is 4.79 Å². The summed E-state index contributed by atoms with van der Waals surface area (Å²) in [6.07, 6.45) is 0. The van der Waals surface area contributed by atoms with Gasteiger partial charge < -0.3 is 4.74 Å². The van der Waals surface area contributed by atoms with Crippen molar-refractivity contribution in [3.05, 3.63) is 28.7 Å². The van der Waals surface area contributed by atoms with E-state index in [1.807, 2.05) is 13.0 Å². The van der Waals surface area contributed by atoms with Crippen LogP contribution in [0.4, 0.5) is 0 Å². The second kappa shape index (κ2) is 6.13. The van der Waals surface area contributed by atoms with Crippen LogP contribution in [-0.2, 0) is 9.53 Å². The molecule has 0 saturated heterocycles. The maximum Gasteiger partial charge on any atom is 0.316 e. The first kappa shape index (κ1) is 14.5. The van der Waals surface area contributed by atoms with Gasteiger partial charge >= 0.3 is 5.97 Å². The molecule has 3 heterocycles. The molecule has 0 aromatic carbocycles. The highest BCUT2D eigenvalue weighted by molar-refractivity contribution is 8.00. The Labute approximate surface area is 134 Å². The number of esters is 1. The van der Waals surface area contributed by atoms with Gasteiger partial charge in [-0.3, -0.25) is 4.79 Å². The van der Waals surface area contributed by atoms with Crippen molar-refractivity contribution in [2.24, 2.45) is 0 Å². The first-order chi connectivity index (χ1) is 10.2. The molecule has 0 unspecified atom stereocenters. The molecule has 0 fully saturated rings. The molecule has 0 aliphatic rings. The average molecular weight is 336 g/mol. The number of aromatic nitrogens is 2. The Morgan fingerprint density at radius 2 is 2.24 bits per heavy atom. The molecule has 7 heteroatoms. The molecule has 0 atom stereocenters. The lowest BCUT2D eigenvalue weighted by molar-refractivity contribution is -0.137. The van der Waals surface area contributed by atoms with Gasteiger partial charge in [0.2, 0.25) is 0 Å². The Morgan fingerprint density at radius 1 is 1.38 bits per heavy atom. The van der Waals surface area contributed by atoms with Crippen LogP contribution >= 0.6 is 34.4 Å². The fraction of sp³-hybridized carbons (Fsp3) is 0.214. The third-order valence-electron chi connectivity index (χ3n) is 2.85. The monoisotopic (exact) mass is 336 g/mol. The number of fused-ring (bicyclic) bond motifs is 1. The lowest BCUT2D eigenvalue weighted by Gasteiger charge is -2.05. The fourth-order valence-electron chi connectivity index (χ4n) is 1.92. The maximum atomic E-state index is 11.4. The second-order valence-electron chi connectivity index (χ2n) is 4.25. The zero-order valence-electron chi connectivity index (χ0n) is 11.5. The van der Waals surface area contributed by atoms with Crippen molar-refractivity contribution in [2.75, 3.05) is 12.9 Å². The summed E-state index contributed by atoms with van der Waals surface area (Å²) in [5.41, 5.74) is 1.14. The van der Waals surface area contributed by atoms with Crippen molar-refractivity contribution in [2.45, 2.75) is 11.9 Å². The third-order valence-corrected chi connectivity index (χ3v) is 5.58. The van der Waals surface area contributed by atoms with Gasteiger partial charge in [-0.05, 0) is 18.4 Å². The molecule has 0 amide bonds. The minimum Gasteiger partial charge on any atom is -0.468 e. The van der Waals surface area contributed by atoms with E-state index in [2.05, 4.69) is 26.8 Å². The number of carbonyl (C=O) groups excluding carboxylic acids is 1. The molecule has 3 aromatic heterocycles. The van der Waals surface area contributed by atoms with E-state index < -0.39 is 0 Å². The standard InChI is InChI=1S/C14H12N2O2S3/c1-8-15-13-12(14(16-8)21-7-11(17)18-2)9(6-20-13)10-4-3-5-19-10/h3-6H,7H2,1-2H3. The largest absolute Gasteiger partial charge is 0.468 e. The summed E-state index contributed by atoms with van der Waals surface area (Å²) >= 11 is 4.69. The van der Waals surface area contributed by atoms with E-state index in [1.54, 1.807) is 22.7 Å². The Balaban J connectivity index is 2.08. The van der Waals surface area contributed by atoms with Crippen LogP contribution in [0.5, 0.6) is 0 Å². The number of thioether (sulfide) groups is 1. The molecular weight excluding hydrogens is 324 g/mol. The summed E-state index contributed by atoms with van der Waals surface area (Å²) in [6, 6.07) is 4.11. The number of hydrogen-bond donors (Lipinski definition) is 0. The molecule has 0 bridgehead atoms. The van der Waals surface area contributed by atoms with Crippen molar-refractivity contribution in [1.29, 1.82) is 0 Å². The summed E-state index contributed by atoms with van der Waals surface area (Å²) in [7, 11) is 1.39. The summed E-state index contributed by atoms with van der Waals surface area (Å²) < 4.78 is 4.70. The molecule has 108 valence electrons. The van der Waals surface area contributed by atoms with Crippen molar-refractivity contribution in [1.82, 2.24) is 9.97 Å². The minimum atomic E-state index is -0.252. The second-order valence-corrected chi connectivity index (χ2v) is 7.02. The smallest absolute Gasteiger partial charge is 0.316 e. The van der Waals surface area contributed by atoms with Gasteiger partial charge in [0.25, 0.3) is 0 Å². The summed E-state index contributed by atoms with van der Waals surface area (Å²) in [5, 5.41) is 6.02. The number of carbonyl (C=O) groups is 1. The summed E-state index contributed by atoms with van der Waals surface area (Å²) in [4.78, 5) is 22.5. The molecule has 0 aliphatic carbocycles. The number of aryl methyl sites for hydroxylation is 1. The van der Waals surface area contributed by atoms with Crippen molar-refractivity contribution >= 4 is 50.6 Å². The lowest BCUT2D eigenvalue weighted by Crippen LogP contribution is -2.03. The van der Waals surface area contributed by atoms with Crippen molar-refractivity contribution in [3.63, 3.8) is 0 Å². The van der Waals surface area contributed by atoms with Crippen LogP contribution in [0.3, 0.4) is 0 Å². The van der Waals surface area contributed by atoms with Gasteiger partial charge in [0.15, 0.2) is 0 Å². The molecular formula is C14H12N2O2S3. The third kappa shape index (κ3) is 2.95. The molecule has 3 aromatic rings. The topological polar surface area (TPSA) is 52.1 Å². The Morgan fingerprint density at radius 3 is 2.95 bits per heavy atom. The van der Waals surface area contributed by atoms with Gasteiger partial charge in [-0.25, -0.2) is 9.97 Å². The zero-order chi connectivity index (χ0) is 14.8. The Bertz CT molecular complexity index is 781. The maximum absolute atomic E-state index is 11.4. The van der Waals surface area contributed by atoms with Crippen LogP contribution in [0, 0.1) is 6.92 Å². The predicted molar refractivity (Wildman–Crippen MR) is 88.2 cm³/mol. The highest BCUT2D eigenvalue weighted by Gasteiger charge is 2.16. The molecule has 0 radical (unpaired) electrons. The molecule has 0 saturated carbocycles. The van der Waals surface area contributed by atoms with Crippen LogP contribution in [0.25, 0.3) is 20.7 Å². The van der Waals surface area contributed by atoms with Crippen molar-refractivity contribution in [3.8, 4) is 10.4 Å². The molecule has 3 rings (SSSR count). The summed E-state index contributed by atoms with van der Waals surface area (Å²) in [6.45, 7) is 1.87. The molecule has 0 N–H and O–H groups in total. The van der Waals surface area contributed by atoms with Crippen molar-refractivity contribution < 1.29 is 9.53 Å². The number of thiophene rings is 2. The Kier molecular flexibility index (Phi) is 4.23. The van der Waals surface area contributed by atoms with E-state index in [-0.39, 0.29) is 11.7 Å². The van der Waals surface area contributed by atoms with Gasteiger partial charge in [-0.15, -0.1) is 22.7 Å². The van der Waals surface area contributed by atoms with E-state index in [0.29, 0.717) is 0 Å². The average Bonchev–Trinajstić information content (AvgIpc) is 3.12. The highest BCUT2D eigenvalue weighted by atomic mass is 32.2. The molecule has 0 aliphatic heterocycles. The zero-order valence-corrected chi connectivity index (χ0v) is 13.9. The number of rotatable bonds is 4. The first-order valence-electron chi connectivity index (χ1n) is 6.18. The van der Waals surface area contributed by atoms with Gasteiger partial charge in [0.1, 0.15) is 15.7 Å². The lowest BCUT2D eigenvalue weighted by atomic mass is 10.2.